The van der Waals surface area contributed by atoms with Crippen LogP contribution in [0.1, 0.15) is 39.5 Å². The molecule has 0 aliphatic carbocycles. The molecule has 4 unspecified atom stereocenters. The second-order valence-electron chi connectivity index (χ2n) is 7.85. The van der Waals surface area contributed by atoms with Crippen molar-refractivity contribution in [2.45, 2.75) is 63.7 Å². The third kappa shape index (κ3) is 7.77. The van der Waals surface area contributed by atoms with Gasteiger partial charge in [0, 0.05) is 6.54 Å². The van der Waals surface area contributed by atoms with Crippen molar-refractivity contribution in [2.75, 3.05) is 25.2 Å². The van der Waals surface area contributed by atoms with E-state index in [-0.39, 0.29) is 18.2 Å². The van der Waals surface area contributed by atoms with Crippen LogP contribution < -0.4 is 16.4 Å². The second kappa shape index (κ2) is 12.8. The number of hydrogen-bond acceptors (Lipinski definition) is 7. The molecule has 0 spiro atoms. The average Bonchev–Trinajstić information content (AvgIpc) is 3.17. The van der Waals surface area contributed by atoms with Gasteiger partial charge in [0.05, 0.1) is 12.6 Å². The monoisotopic (exact) mass is 446 g/mol. The minimum absolute atomic E-state index is 0.243. The van der Waals surface area contributed by atoms with Crippen molar-refractivity contribution in [3.05, 3.63) is 0 Å². The zero-order chi connectivity index (χ0) is 22.8. The molecule has 4 atom stereocenters. The first-order chi connectivity index (χ1) is 14.1. The summed E-state index contributed by atoms with van der Waals surface area (Å²) in [6.07, 6.45) is 3.77. The van der Waals surface area contributed by atoms with E-state index in [1.807, 2.05) is 20.1 Å². The van der Waals surface area contributed by atoms with Crippen LogP contribution in [0.2, 0.25) is 0 Å². The lowest BCUT2D eigenvalue weighted by Gasteiger charge is -2.29. The van der Waals surface area contributed by atoms with Crippen LogP contribution >= 0.6 is 11.8 Å². The Hall–Kier alpha value is -1.85. The predicted octanol–water partition coefficient (Wildman–Crippen LogP) is -0.850. The quantitative estimate of drug-likeness (QED) is 0.259. The van der Waals surface area contributed by atoms with Crippen molar-refractivity contribution in [2.24, 2.45) is 11.7 Å². The first kappa shape index (κ1) is 26.2. The molecular weight excluding hydrogens is 412 g/mol. The van der Waals surface area contributed by atoms with Gasteiger partial charge in [0.1, 0.15) is 18.1 Å². The molecule has 0 aromatic heterocycles. The van der Waals surface area contributed by atoms with E-state index >= 15 is 0 Å². The molecule has 6 N–H and O–H groups in total. The summed E-state index contributed by atoms with van der Waals surface area (Å²) in [6.45, 7) is 3.60. The van der Waals surface area contributed by atoms with Gasteiger partial charge in [-0.3, -0.25) is 14.4 Å². The molecule has 30 heavy (non-hydrogen) atoms. The van der Waals surface area contributed by atoms with Crippen molar-refractivity contribution in [1.82, 2.24) is 15.5 Å². The van der Waals surface area contributed by atoms with Crippen LogP contribution in [-0.2, 0) is 19.2 Å². The number of hydrogen-bond donors (Lipinski definition) is 5. The largest absolute Gasteiger partial charge is 0.480 e. The molecule has 0 aromatic carbocycles. The van der Waals surface area contributed by atoms with Gasteiger partial charge >= 0.3 is 5.97 Å². The van der Waals surface area contributed by atoms with E-state index in [0.717, 1.165) is 0 Å². The number of carboxylic acids is 1. The summed E-state index contributed by atoms with van der Waals surface area (Å²) in [7, 11) is 0. The number of likely N-dealkylation sites (tertiary alicyclic amines) is 1. The number of nitrogens with zero attached hydrogens (tertiary/aromatic N) is 1. The first-order valence-corrected chi connectivity index (χ1v) is 11.5. The number of aliphatic hydroxyl groups excluding tert-OH is 1. The number of nitrogens with two attached hydrogens (primary N) is 1. The summed E-state index contributed by atoms with van der Waals surface area (Å²) >= 11 is 1.47. The third-order valence-electron chi connectivity index (χ3n) is 4.92. The van der Waals surface area contributed by atoms with Crippen LogP contribution in [0.3, 0.4) is 0 Å². The van der Waals surface area contributed by atoms with Crippen molar-refractivity contribution < 1.29 is 29.4 Å². The van der Waals surface area contributed by atoms with Crippen molar-refractivity contribution in [3.8, 4) is 0 Å². The van der Waals surface area contributed by atoms with Gasteiger partial charge in [-0.25, -0.2) is 4.79 Å². The fourth-order valence-corrected chi connectivity index (χ4v) is 3.83. The lowest BCUT2D eigenvalue weighted by atomic mass is 10.0. The lowest BCUT2D eigenvalue weighted by molar-refractivity contribution is -0.144. The fourth-order valence-electron chi connectivity index (χ4n) is 3.35. The van der Waals surface area contributed by atoms with E-state index in [2.05, 4.69) is 10.6 Å². The number of carbonyl (C=O) groups is 4. The van der Waals surface area contributed by atoms with Gasteiger partial charge in [-0.1, -0.05) is 13.8 Å². The molecule has 1 saturated heterocycles. The topological polar surface area (TPSA) is 162 Å². The maximum absolute atomic E-state index is 12.9. The average molecular weight is 447 g/mol. The molecule has 0 aromatic rings. The Balaban J connectivity index is 2.85. The fraction of sp³-hybridized carbons (Fsp3) is 0.789. The summed E-state index contributed by atoms with van der Waals surface area (Å²) in [6, 6.07) is -3.83. The van der Waals surface area contributed by atoms with Gasteiger partial charge in [-0.15, -0.1) is 0 Å². The van der Waals surface area contributed by atoms with Crippen LogP contribution in [0, 0.1) is 5.92 Å². The highest BCUT2D eigenvalue weighted by Crippen LogP contribution is 2.20. The summed E-state index contributed by atoms with van der Waals surface area (Å²) in [5.41, 5.74) is 6.00. The van der Waals surface area contributed by atoms with Gasteiger partial charge < -0.3 is 31.5 Å². The standard InChI is InChI=1S/C19H34N4O6S/c1-11(2)9-12(20)18(27)23-7-4-5-15(23)17(26)21-13(6-8-30-3)16(25)22-14(10-24)19(28)29/h11-15,24H,4-10,20H2,1-3H3,(H,21,26)(H,22,25)(H,28,29). The highest BCUT2D eigenvalue weighted by Gasteiger charge is 2.37. The van der Waals surface area contributed by atoms with Gasteiger partial charge in [0.25, 0.3) is 0 Å². The molecule has 0 radical (unpaired) electrons. The molecule has 0 bridgehead atoms. The smallest absolute Gasteiger partial charge is 0.328 e. The first-order valence-electron chi connectivity index (χ1n) is 10.1. The normalized spacial score (nSPS) is 19.3. The minimum atomic E-state index is -1.45. The van der Waals surface area contributed by atoms with Crippen LogP contribution in [-0.4, -0.2) is 88.1 Å². The Kier molecular flexibility index (Phi) is 11.1. The van der Waals surface area contributed by atoms with E-state index in [9.17, 15) is 19.2 Å². The minimum Gasteiger partial charge on any atom is -0.480 e. The zero-order valence-corrected chi connectivity index (χ0v) is 18.6. The molecule has 1 heterocycles. The lowest BCUT2D eigenvalue weighted by Crippen LogP contribution is -2.57. The molecule has 1 rings (SSSR count). The summed E-state index contributed by atoms with van der Waals surface area (Å²) < 4.78 is 0. The predicted molar refractivity (Wildman–Crippen MR) is 114 cm³/mol. The van der Waals surface area contributed by atoms with Gasteiger partial charge in [0.15, 0.2) is 0 Å². The number of thioether (sulfide) groups is 1. The van der Waals surface area contributed by atoms with Crippen LogP contribution in [0.15, 0.2) is 0 Å². The Bertz CT molecular complexity index is 618. The number of aliphatic hydroxyl groups is 1. The highest BCUT2D eigenvalue weighted by atomic mass is 32.2. The van der Waals surface area contributed by atoms with Crippen molar-refractivity contribution in [3.63, 3.8) is 0 Å². The third-order valence-corrected chi connectivity index (χ3v) is 5.57. The van der Waals surface area contributed by atoms with Crippen LogP contribution in [0.5, 0.6) is 0 Å². The van der Waals surface area contributed by atoms with Crippen molar-refractivity contribution in [1.29, 1.82) is 0 Å². The Morgan fingerprint density at radius 1 is 1.20 bits per heavy atom. The molecule has 172 valence electrons. The van der Waals surface area contributed by atoms with Gasteiger partial charge in [-0.05, 0) is 43.6 Å². The highest BCUT2D eigenvalue weighted by molar-refractivity contribution is 7.98. The Labute approximate surface area is 181 Å². The molecule has 3 amide bonds. The summed E-state index contributed by atoms with van der Waals surface area (Å²) in [5, 5.41) is 23.0. The molecule has 0 saturated carbocycles. The number of carbonyl (C=O) groups excluding carboxylic acids is 3. The maximum Gasteiger partial charge on any atom is 0.328 e. The van der Waals surface area contributed by atoms with E-state index in [4.69, 9.17) is 15.9 Å². The molecule has 1 aliphatic rings. The number of amides is 3. The van der Waals surface area contributed by atoms with E-state index in [1.165, 1.54) is 16.7 Å². The summed E-state index contributed by atoms with van der Waals surface area (Å²) in [4.78, 5) is 50.6. The number of aliphatic carboxylic acids is 1. The Morgan fingerprint density at radius 2 is 1.87 bits per heavy atom. The zero-order valence-electron chi connectivity index (χ0n) is 17.8. The molecule has 11 heteroatoms. The summed E-state index contributed by atoms with van der Waals surface area (Å²) in [5.74, 6) is -2.00. The second-order valence-corrected chi connectivity index (χ2v) is 8.84. The van der Waals surface area contributed by atoms with Crippen LogP contribution in [0.4, 0.5) is 0 Å². The number of rotatable bonds is 12. The molecular formula is C19H34N4O6S. The van der Waals surface area contributed by atoms with Gasteiger partial charge in [0.2, 0.25) is 17.7 Å². The SMILES string of the molecule is CSCCC(NC(=O)C1CCCN1C(=O)C(N)CC(C)C)C(=O)NC(CO)C(=O)O. The molecule has 1 aliphatic heterocycles. The van der Waals surface area contributed by atoms with E-state index in [0.29, 0.717) is 31.6 Å². The molecule has 1 fully saturated rings. The molecule has 10 nitrogen and oxygen atoms in total. The number of nitrogens with one attached hydrogen (secondary N) is 2. The van der Waals surface area contributed by atoms with Crippen LogP contribution in [0.25, 0.3) is 0 Å². The van der Waals surface area contributed by atoms with E-state index in [1.54, 1.807) is 0 Å². The van der Waals surface area contributed by atoms with Gasteiger partial charge in [-0.2, -0.15) is 11.8 Å². The van der Waals surface area contributed by atoms with E-state index < -0.39 is 48.6 Å². The number of carboxylic acid groups (broad SMARTS) is 1. The Morgan fingerprint density at radius 3 is 2.40 bits per heavy atom. The maximum atomic E-state index is 12.9. The van der Waals surface area contributed by atoms with Crippen molar-refractivity contribution >= 4 is 35.5 Å².